The number of benzene rings is 2. The van der Waals surface area contributed by atoms with Gasteiger partial charge in [-0.2, -0.15) is 0 Å². The van der Waals surface area contributed by atoms with Crippen molar-refractivity contribution in [3.63, 3.8) is 0 Å². The Labute approximate surface area is 170 Å². The van der Waals surface area contributed by atoms with E-state index in [9.17, 15) is 4.79 Å². The third-order valence-electron chi connectivity index (χ3n) is 4.60. The highest BCUT2D eigenvalue weighted by molar-refractivity contribution is 7.13. The molecular formula is C22H30N3O2P. The molecule has 0 saturated heterocycles. The molecule has 3 N–H and O–H groups in total. The number of rotatable bonds is 10. The van der Waals surface area contributed by atoms with E-state index in [0.717, 1.165) is 24.0 Å². The summed E-state index contributed by atoms with van der Waals surface area (Å²) in [5.41, 5.74) is 6.93. The van der Waals surface area contributed by atoms with E-state index >= 15 is 0 Å². The minimum absolute atomic E-state index is 0.475. The van der Waals surface area contributed by atoms with E-state index in [1.807, 2.05) is 23.9 Å². The minimum atomic E-state index is -0.564. The number of amides is 1. The number of nitrogens with one attached hydrogen (secondary N) is 2. The lowest BCUT2D eigenvalue weighted by atomic mass is 10.0. The van der Waals surface area contributed by atoms with Gasteiger partial charge < -0.3 is 5.32 Å². The summed E-state index contributed by atoms with van der Waals surface area (Å²) in [6.45, 7) is 6.91. The second kappa shape index (κ2) is 11.0. The summed E-state index contributed by atoms with van der Waals surface area (Å²) in [6.07, 6.45) is 2.78. The fraction of sp³-hybridized carbons (Fsp3) is 0.318. The zero-order valence-electron chi connectivity index (χ0n) is 16.6. The van der Waals surface area contributed by atoms with Crippen molar-refractivity contribution in [1.29, 1.82) is 0 Å². The monoisotopic (exact) mass is 399 g/mol. The van der Waals surface area contributed by atoms with E-state index in [-0.39, 0.29) is 0 Å². The highest BCUT2D eigenvalue weighted by Crippen LogP contribution is 2.22. The standard InChI is InChI=1S/C22H30N3O2P/c1-4-5-17-6-8-19(9-7-17)20-12-10-18(11-13-20)16(2)23-21(22(26)24-27)14-15-25(3)28/h6-13,21,23,27H,2,4-5,14-15,28H2,1,3H3,(H,24,26). The van der Waals surface area contributed by atoms with Gasteiger partial charge in [0, 0.05) is 12.2 Å². The van der Waals surface area contributed by atoms with Gasteiger partial charge >= 0.3 is 0 Å². The van der Waals surface area contributed by atoms with Crippen LogP contribution in [0.15, 0.2) is 55.1 Å². The van der Waals surface area contributed by atoms with Crippen molar-refractivity contribution in [2.45, 2.75) is 32.2 Å². The minimum Gasteiger partial charge on any atom is -0.374 e. The van der Waals surface area contributed by atoms with Crippen LogP contribution in [0.25, 0.3) is 16.8 Å². The Morgan fingerprint density at radius 3 is 2.21 bits per heavy atom. The summed E-state index contributed by atoms with van der Waals surface area (Å²) in [5.74, 6) is -0.475. The van der Waals surface area contributed by atoms with E-state index in [1.165, 1.54) is 11.1 Å². The molecule has 2 aromatic carbocycles. The smallest absolute Gasteiger partial charge is 0.265 e. The maximum absolute atomic E-state index is 11.9. The van der Waals surface area contributed by atoms with Crippen LogP contribution in [0, 0.1) is 0 Å². The summed E-state index contributed by atoms with van der Waals surface area (Å²) in [7, 11) is 4.46. The topological polar surface area (TPSA) is 64.6 Å². The molecule has 1 amide bonds. The summed E-state index contributed by atoms with van der Waals surface area (Å²) in [5, 5.41) is 12.1. The molecular weight excluding hydrogens is 369 g/mol. The van der Waals surface area contributed by atoms with Crippen molar-refractivity contribution in [2.24, 2.45) is 0 Å². The zero-order valence-corrected chi connectivity index (χ0v) is 17.8. The Morgan fingerprint density at radius 1 is 1.14 bits per heavy atom. The van der Waals surface area contributed by atoms with Crippen molar-refractivity contribution < 1.29 is 10.0 Å². The Balaban J connectivity index is 2.06. The van der Waals surface area contributed by atoms with Gasteiger partial charge in [0.15, 0.2) is 0 Å². The number of carbonyl (C=O) groups is 1. The molecule has 0 aliphatic heterocycles. The highest BCUT2D eigenvalue weighted by atomic mass is 31.0. The molecule has 28 heavy (non-hydrogen) atoms. The molecule has 0 radical (unpaired) electrons. The average Bonchev–Trinajstić information content (AvgIpc) is 2.71. The number of hydroxylamine groups is 1. The second-order valence-corrected chi connectivity index (χ2v) is 7.83. The number of hydrogen-bond acceptors (Lipinski definition) is 4. The SMILES string of the molecule is C=C(NC(CCN(C)P)C(=O)NO)c1ccc(-c2ccc(CCC)cc2)cc1. The van der Waals surface area contributed by atoms with Gasteiger partial charge in [-0.3, -0.25) is 14.7 Å². The predicted octanol–water partition coefficient (Wildman–Crippen LogP) is 3.85. The van der Waals surface area contributed by atoms with Crippen molar-refractivity contribution in [3.8, 4) is 11.1 Å². The van der Waals surface area contributed by atoms with Crippen LogP contribution in [-0.2, 0) is 11.2 Å². The molecule has 0 aliphatic rings. The maximum Gasteiger partial charge on any atom is 0.265 e. The van der Waals surface area contributed by atoms with Crippen LogP contribution in [0.2, 0.25) is 0 Å². The molecule has 0 fully saturated rings. The van der Waals surface area contributed by atoms with Gasteiger partial charge in [-0.15, -0.1) is 0 Å². The summed E-state index contributed by atoms with van der Waals surface area (Å²) < 4.78 is 1.91. The van der Waals surface area contributed by atoms with Crippen LogP contribution in [-0.4, -0.2) is 35.4 Å². The van der Waals surface area contributed by atoms with E-state index in [4.69, 9.17) is 5.21 Å². The number of carbonyl (C=O) groups excluding carboxylic acids is 1. The Kier molecular flexibility index (Phi) is 8.65. The lowest BCUT2D eigenvalue weighted by molar-refractivity contribution is -0.131. The van der Waals surface area contributed by atoms with Gasteiger partial charge in [-0.05, 0) is 42.1 Å². The molecule has 5 nitrogen and oxygen atoms in total. The van der Waals surface area contributed by atoms with E-state index in [0.29, 0.717) is 18.7 Å². The predicted molar refractivity (Wildman–Crippen MR) is 119 cm³/mol. The molecule has 0 bridgehead atoms. The zero-order chi connectivity index (χ0) is 20.5. The number of nitrogens with zero attached hydrogens (tertiary/aromatic N) is 1. The molecule has 0 aromatic heterocycles. The van der Waals surface area contributed by atoms with Crippen molar-refractivity contribution >= 4 is 21.0 Å². The number of hydrogen-bond donors (Lipinski definition) is 3. The number of aryl methyl sites for hydroxylation is 1. The average molecular weight is 399 g/mol. The van der Waals surface area contributed by atoms with Gasteiger partial charge in [-0.1, -0.05) is 77.8 Å². The van der Waals surface area contributed by atoms with Crippen molar-refractivity contribution in [3.05, 3.63) is 66.2 Å². The van der Waals surface area contributed by atoms with E-state index in [1.54, 1.807) is 5.48 Å². The lowest BCUT2D eigenvalue weighted by Crippen LogP contribution is -2.43. The normalized spacial score (nSPS) is 11.9. The quantitative estimate of drug-likeness (QED) is 0.323. The Hall–Kier alpha value is -2.20. The molecule has 0 heterocycles. The Bertz CT molecular complexity index is 773. The van der Waals surface area contributed by atoms with Gasteiger partial charge in [0.25, 0.3) is 5.91 Å². The first-order chi connectivity index (χ1) is 13.4. The van der Waals surface area contributed by atoms with Crippen LogP contribution >= 0.6 is 9.39 Å². The summed E-state index contributed by atoms with van der Waals surface area (Å²) in [4.78, 5) is 11.9. The molecule has 2 unspecified atom stereocenters. The van der Waals surface area contributed by atoms with Crippen LogP contribution < -0.4 is 10.8 Å². The highest BCUT2D eigenvalue weighted by Gasteiger charge is 2.18. The maximum atomic E-state index is 11.9. The van der Waals surface area contributed by atoms with Crippen LogP contribution in [0.3, 0.4) is 0 Å². The summed E-state index contributed by atoms with van der Waals surface area (Å²) >= 11 is 0. The van der Waals surface area contributed by atoms with Gasteiger partial charge in [0.1, 0.15) is 6.04 Å². The van der Waals surface area contributed by atoms with Gasteiger partial charge in [0.2, 0.25) is 0 Å². The first-order valence-electron chi connectivity index (χ1n) is 9.49. The van der Waals surface area contributed by atoms with E-state index in [2.05, 4.69) is 64.6 Å². The molecule has 2 rings (SSSR count). The van der Waals surface area contributed by atoms with Crippen LogP contribution in [0.4, 0.5) is 0 Å². The summed E-state index contributed by atoms with van der Waals surface area (Å²) in [6, 6.07) is 16.2. The van der Waals surface area contributed by atoms with E-state index < -0.39 is 11.9 Å². The molecule has 6 heteroatoms. The third kappa shape index (κ3) is 6.45. The Morgan fingerprint density at radius 2 is 1.71 bits per heavy atom. The molecule has 2 aromatic rings. The van der Waals surface area contributed by atoms with Gasteiger partial charge in [0.05, 0.1) is 0 Å². The van der Waals surface area contributed by atoms with Crippen molar-refractivity contribution in [1.82, 2.24) is 15.5 Å². The fourth-order valence-electron chi connectivity index (χ4n) is 2.99. The molecule has 0 saturated carbocycles. The molecule has 0 aliphatic carbocycles. The largest absolute Gasteiger partial charge is 0.374 e. The van der Waals surface area contributed by atoms with Crippen molar-refractivity contribution in [2.75, 3.05) is 13.6 Å². The first kappa shape index (κ1) is 22.1. The molecule has 150 valence electrons. The molecule has 0 spiro atoms. The third-order valence-corrected chi connectivity index (χ3v) is 4.86. The first-order valence-corrected chi connectivity index (χ1v) is 10.0. The second-order valence-electron chi connectivity index (χ2n) is 6.95. The van der Waals surface area contributed by atoms with Crippen LogP contribution in [0.5, 0.6) is 0 Å². The van der Waals surface area contributed by atoms with Crippen LogP contribution in [0.1, 0.15) is 30.9 Å². The lowest BCUT2D eigenvalue weighted by Gasteiger charge is -2.21. The van der Waals surface area contributed by atoms with Gasteiger partial charge in [-0.25, -0.2) is 5.48 Å². The fourth-order valence-corrected chi connectivity index (χ4v) is 3.14. The molecule has 2 atom stereocenters.